The van der Waals surface area contributed by atoms with Crippen LogP contribution >= 0.6 is 58.8 Å². The molecule has 2 aromatic rings. The van der Waals surface area contributed by atoms with Gasteiger partial charge in [-0.05, 0) is 6.92 Å². The van der Waals surface area contributed by atoms with Crippen molar-refractivity contribution < 1.29 is 80.5 Å². The Hall–Kier alpha value is -2.00. The number of hydrogen-bond acceptors (Lipinski definition) is 20. The van der Waals surface area contributed by atoms with Crippen LogP contribution in [0.2, 0.25) is 0 Å². The molecule has 10 N–H and O–H groups in total. The molecule has 2 amide bonds. The van der Waals surface area contributed by atoms with Crippen LogP contribution < -0.4 is 16.4 Å². The van der Waals surface area contributed by atoms with Gasteiger partial charge in [-0.2, -0.15) is 4.31 Å². The van der Waals surface area contributed by atoms with Crippen LogP contribution in [0.4, 0.5) is 5.82 Å². The SMILES string of the molecule is CC(C)(COP(=O)(O)OP(=O)(O)OCC1OC(C)(n2cnc3c(N)ncnc32)C(O)C1OP(=O)(O)O)C(O)C(=O)NCCC(=O)NCCSC(=O)C=C1SCCS1. The number of ether oxygens (including phenoxy) is 1. The molecule has 30 heteroatoms. The predicted molar refractivity (Wildman–Crippen MR) is 205 cm³/mol. The number of amides is 2. The number of aliphatic hydroxyl groups excluding tert-OH is 2. The smallest absolute Gasteiger partial charge is 0.385 e. The molecule has 320 valence electrons. The zero-order valence-electron chi connectivity index (χ0n) is 30.3. The van der Waals surface area contributed by atoms with Gasteiger partial charge in [-0.15, -0.1) is 23.5 Å². The monoisotopic (exact) mass is 925 g/mol. The molecule has 7 unspecified atom stereocenters. The second-order valence-corrected chi connectivity index (χ2v) is 20.8. The summed E-state index contributed by atoms with van der Waals surface area (Å²) in [6.07, 6.45) is -3.92. The maximum absolute atomic E-state index is 12.8. The van der Waals surface area contributed by atoms with Crippen molar-refractivity contribution in [3.05, 3.63) is 23.0 Å². The number of phosphoric ester groups is 3. The normalized spacial score (nSPS) is 24.2. The van der Waals surface area contributed by atoms with E-state index in [1.54, 1.807) is 29.6 Å². The van der Waals surface area contributed by atoms with Crippen molar-refractivity contribution in [1.29, 1.82) is 0 Å². The highest BCUT2D eigenvalue weighted by Gasteiger charge is 2.57. The first-order valence-electron chi connectivity index (χ1n) is 16.5. The van der Waals surface area contributed by atoms with Gasteiger partial charge < -0.3 is 50.9 Å². The Balaban J connectivity index is 1.25. The fourth-order valence-corrected chi connectivity index (χ4v) is 11.0. The average Bonchev–Trinajstić information content (AvgIpc) is 3.84. The molecule has 2 aliphatic heterocycles. The number of nitrogens with zero attached hydrogens (tertiary/aromatic N) is 4. The van der Waals surface area contributed by atoms with Crippen molar-refractivity contribution in [2.45, 2.75) is 57.3 Å². The minimum absolute atomic E-state index is 0.0194. The van der Waals surface area contributed by atoms with E-state index in [2.05, 4.69) is 29.9 Å². The molecule has 2 aliphatic rings. The van der Waals surface area contributed by atoms with Crippen molar-refractivity contribution in [2.24, 2.45) is 5.41 Å². The zero-order valence-corrected chi connectivity index (χ0v) is 35.4. The standard InChI is InChI=1S/C27H42N7O17P3S3/c1-26(2,22(38)25(39)30-5-4-16(35)29-6-7-55-17(36)10-18-56-8-9-57-18)12-48-54(45,46)51-53(43,44)47-11-15-20(50-52(40,41)42)21(37)27(3,49-15)34-14-33-19-23(28)31-13-32-24(19)34/h10,13-15,20-22,37-38H,4-9,11-12H2,1-3H3,(H,29,35)(H,30,39)(H,43,44)(H,45,46)(H2,28,31,32)(H2,40,41,42). The summed E-state index contributed by atoms with van der Waals surface area (Å²) in [5, 5.41) is 26.5. The number of imidazole rings is 1. The van der Waals surface area contributed by atoms with Gasteiger partial charge in [0.15, 0.2) is 17.2 Å². The number of hydrogen-bond donors (Lipinski definition) is 9. The Morgan fingerprint density at radius 2 is 1.77 bits per heavy atom. The number of thioether (sulfide) groups is 3. The van der Waals surface area contributed by atoms with Gasteiger partial charge in [0.05, 0.1) is 19.5 Å². The maximum atomic E-state index is 12.8. The number of aliphatic hydroxyl groups is 2. The summed E-state index contributed by atoms with van der Waals surface area (Å²) in [6, 6.07) is 0. The molecule has 0 radical (unpaired) electrons. The molecule has 4 heterocycles. The van der Waals surface area contributed by atoms with Crippen molar-refractivity contribution in [1.82, 2.24) is 30.2 Å². The Morgan fingerprint density at radius 1 is 1.11 bits per heavy atom. The van der Waals surface area contributed by atoms with Gasteiger partial charge in [-0.25, -0.2) is 28.6 Å². The van der Waals surface area contributed by atoms with Crippen LogP contribution in [0.25, 0.3) is 11.2 Å². The van der Waals surface area contributed by atoms with E-state index in [0.717, 1.165) is 44.7 Å². The number of nitrogens with two attached hydrogens (primary N) is 1. The van der Waals surface area contributed by atoms with Gasteiger partial charge in [-0.1, -0.05) is 25.6 Å². The van der Waals surface area contributed by atoms with Crippen LogP contribution in [0.15, 0.2) is 23.0 Å². The molecule has 7 atom stereocenters. The van der Waals surface area contributed by atoms with E-state index in [0.29, 0.717) is 5.75 Å². The van der Waals surface area contributed by atoms with E-state index in [4.69, 9.17) is 24.0 Å². The van der Waals surface area contributed by atoms with E-state index < -0.39 is 84.1 Å². The predicted octanol–water partition coefficient (Wildman–Crippen LogP) is 0.160. The second kappa shape index (κ2) is 19.6. The minimum atomic E-state index is -5.59. The lowest BCUT2D eigenvalue weighted by Gasteiger charge is -2.30. The molecule has 57 heavy (non-hydrogen) atoms. The molecule has 0 aromatic carbocycles. The molecule has 0 bridgehead atoms. The summed E-state index contributed by atoms with van der Waals surface area (Å²) in [5.41, 5.74) is 2.31. The fourth-order valence-electron chi connectivity index (χ4n) is 5.14. The molecular formula is C27H42N7O17P3S3. The number of rotatable bonds is 20. The third-order valence-electron chi connectivity index (χ3n) is 8.04. The van der Waals surface area contributed by atoms with Crippen molar-refractivity contribution in [2.75, 3.05) is 49.3 Å². The molecule has 2 saturated heterocycles. The second-order valence-electron chi connectivity index (χ2n) is 13.0. The van der Waals surface area contributed by atoms with Gasteiger partial charge in [0.1, 0.15) is 36.3 Å². The number of aromatic nitrogens is 4. The Bertz CT molecular complexity index is 1960. The lowest BCUT2D eigenvalue weighted by atomic mass is 9.87. The number of carbonyl (C=O) groups excluding carboxylic acids is 3. The molecule has 4 rings (SSSR count). The van der Waals surface area contributed by atoms with Crippen LogP contribution in [0.5, 0.6) is 0 Å². The highest BCUT2D eigenvalue weighted by Crippen LogP contribution is 2.61. The largest absolute Gasteiger partial charge is 0.481 e. The molecule has 2 aromatic heterocycles. The van der Waals surface area contributed by atoms with E-state index in [-0.39, 0.29) is 41.6 Å². The Labute approximate surface area is 337 Å². The Kier molecular flexibility index (Phi) is 16.4. The third kappa shape index (κ3) is 13.5. The number of phosphoric acid groups is 3. The summed E-state index contributed by atoms with van der Waals surface area (Å²) in [7, 11) is -16.5. The van der Waals surface area contributed by atoms with Crippen molar-refractivity contribution in [3.8, 4) is 0 Å². The van der Waals surface area contributed by atoms with Crippen LogP contribution in [0.3, 0.4) is 0 Å². The molecule has 24 nitrogen and oxygen atoms in total. The topological polar surface area (TPSA) is 364 Å². The molecule has 0 saturated carbocycles. The lowest BCUT2D eigenvalue weighted by Crippen LogP contribution is -2.46. The van der Waals surface area contributed by atoms with E-state index in [1.165, 1.54) is 20.8 Å². The summed E-state index contributed by atoms with van der Waals surface area (Å²) in [5.74, 6) is 0.788. The average molecular weight is 926 g/mol. The van der Waals surface area contributed by atoms with Crippen LogP contribution in [-0.4, -0.2) is 134 Å². The van der Waals surface area contributed by atoms with Crippen molar-refractivity contribution >= 4 is 92.7 Å². The molecule has 0 spiro atoms. The highest BCUT2D eigenvalue weighted by molar-refractivity contribution is 8.25. The van der Waals surface area contributed by atoms with Gasteiger partial charge in [-0.3, -0.25) is 32.5 Å². The zero-order chi connectivity index (χ0) is 42.4. The van der Waals surface area contributed by atoms with Crippen LogP contribution in [-0.2, 0) is 56.4 Å². The molecule has 2 fully saturated rings. The third-order valence-corrected chi connectivity index (χ3v) is 14.5. The summed E-state index contributed by atoms with van der Waals surface area (Å²) in [4.78, 5) is 88.0. The van der Waals surface area contributed by atoms with E-state index in [1.807, 2.05) is 0 Å². The van der Waals surface area contributed by atoms with E-state index >= 15 is 0 Å². The summed E-state index contributed by atoms with van der Waals surface area (Å²) in [6.45, 7) is 1.72. The summed E-state index contributed by atoms with van der Waals surface area (Å²) >= 11 is 4.28. The summed E-state index contributed by atoms with van der Waals surface area (Å²) < 4.78 is 63.7. The van der Waals surface area contributed by atoms with Crippen LogP contribution in [0.1, 0.15) is 27.2 Å². The van der Waals surface area contributed by atoms with Gasteiger partial charge in [0.2, 0.25) is 16.9 Å². The van der Waals surface area contributed by atoms with E-state index in [9.17, 15) is 57.9 Å². The lowest BCUT2D eigenvalue weighted by molar-refractivity contribution is -0.137. The molecule has 0 aliphatic carbocycles. The highest BCUT2D eigenvalue weighted by atomic mass is 32.2. The van der Waals surface area contributed by atoms with Crippen LogP contribution in [0, 0.1) is 5.41 Å². The fraction of sp³-hybridized carbons (Fsp3) is 0.630. The number of nitrogens with one attached hydrogen (secondary N) is 2. The first-order valence-corrected chi connectivity index (χ1v) is 24.0. The van der Waals surface area contributed by atoms with Gasteiger partial charge >= 0.3 is 23.5 Å². The minimum Gasteiger partial charge on any atom is -0.385 e. The maximum Gasteiger partial charge on any atom is 0.481 e. The number of fused-ring (bicyclic) bond motifs is 1. The molecular weight excluding hydrogens is 883 g/mol. The van der Waals surface area contributed by atoms with Gasteiger partial charge in [0, 0.05) is 52.5 Å². The number of carbonyl (C=O) groups is 3. The first kappa shape index (κ1) is 47.7. The quantitative estimate of drug-likeness (QED) is 0.0485. The Morgan fingerprint density at radius 3 is 2.44 bits per heavy atom. The van der Waals surface area contributed by atoms with Crippen molar-refractivity contribution in [3.63, 3.8) is 0 Å². The number of nitrogen functional groups attached to an aromatic ring is 1. The first-order chi connectivity index (χ1) is 26.4. The number of anilines is 1. The van der Waals surface area contributed by atoms with Gasteiger partial charge in [0.25, 0.3) is 0 Å².